The Bertz CT molecular complexity index is 421. The lowest BCUT2D eigenvalue weighted by atomic mass is 10.1. The van der Waals surface area contributed by atoms with Crippen LogP contribution in [-0.2, 0) is 6.54 Å². The van der Waals surface area contributed by atoms with Gasteiger partial charge in [0.25, 0.3) is 0 Å². The SMILES string of the molecule is CCCN(CCC)c1nc(C)cc(C)c1CNCC(C)C. The third-order valence-corrected chi connectivity index (χ3v) is 3.59. The van der Waals surface area contributed by atoms with Gasteiger partial charge in [0.1, 0.15) is 5.82 Å². The fourth-order valence-corrected chi connectivity index (χ4v) is 2.67. The summed E-state index contributed by atoms with van der Waals surface area (Å²) in [4.78, 5) is 7.31. The molecule has 0 aliphatic rings. The van der Waals surface area contributed by atoms with Crippen molar-refractivity contribution in [1.82, 2.24) is 10.3 Å². The van der Waals surface area contributed by atoms with Crippen LogP contribution in [0.3, 0.4) is 0 Å². The van der Waals surface area contributed by atoms with Gasteiger partial charge in [0, 0.05) is 30.9 Å². The van der Waals surface area contributed by atoms with Gasteiger partial charge in [-0.15, -0.1) is 0 Å². The first kappa shape index (κ1) is 18.0. The molecule has 3 nitrogen and oxygen atoms in total. The van der Waals surface area contributed by atoms with Gasteiger partial charge in [-0.2, -0.15) is 0 Å². The summed E-state index contributed by atoms with van der Waals surface area (Å²) in [6.07, 6.45) is 2.32. The second kappa shape index (κ2) is 9.04. The van der Waals surface area contributed by atoms with Gasteiger partial charge in [-0.25, -0.2) is 4.98 Å². The molecule has 120 valence electrons. The predicted octanol–water partition coefficient (Wildman–Crippen LogP) is 4.07. The van der Waals surface area contributed by atoms with Crippen LogP contribution in [0.4, 0.5) is 5.82 Å². The highest BCUT2D eigenvalue weighted by atomic mass is 15.2. The smallest absolute Gasteiger partial charge is 0.133 e. The van der Waals surface area contributed by atoms with Crippen molar-refractivity contribution in [2.75, 3.05) is 24.5 Å². The first-order chi connectivity index (χ1) is 9.99. The minimum atomic E-state index is 0.676. The van der Waals surface area contributed by atoms with Crippen LogP contribution >= 0.6 is 0 Å². The largest absolute Gasteiger partial charge is 0.356 e. The Morgan fingerprint density at radius 2 is 1.76 bits per heavy atom. The van der Waals surface area contributed by atoms with Gasteiger partial charge in [-0.05, 0) is 50.8 Å². The molecule has 0 fully saturated rings. The third-order valence-electron chi connectivity index (χ3n) is 3.59. The maximum Gasteiger partial charge on any atom is 0.133 e. The molecule has 0 aromatic carbocycles. The van der Waals surface area contributed by atoms with Crippen LogP contribution in [0.25, 0.3) is 0 Å². The average molecular weight is 291 g/mol. The fraction of sp³-hybridized carbons (Fsp3) is 0.722. The third kappa shape index (κ3) is 5.66. The van der Waals surface area contributed by atoms with E-state index in [2.05, 4.69) is 57.8 Å². The van der Waals surface area contributed by atoms with E-state index < -0.39 is 0 Å². The molecule has 0 saturated heterocycles. The standard InChI is InChI=1S/C18H33N3/c1-7-9-21(10-8-2)18-17(13-19-12-14(3)4)15(5)11-16(6)20-18/h11,14,19H,7-10,12-13H2,1-6H3. The minimum Gasteiger partial charge on any atom is -0.356 e. The molecule has 0 aliphatic heterocycles. The van der Waals surface area contributed by atoms with E-state index in [0.717, 1.165) is 44.7 Å². The Kier molecular flexibility index (Phi) is 7.73. The van der Waals surface area contributed by atoms with Crippen molar-refractivity contribution in [2.24, 2.45) is 5.92 Å². The van der Waals surface area contributed by atoms with Crippen molar-refractivity contribution in [1.29, 1.82) is 0 Å². The van der Waals surface area contributed by atoms with E-state index >= 15 is 0 Å². The van der Waals surface area contributed by atoms with E-state index in [4.69, 9.17) is 4.98 Å². The lowest BCUT2D eigenvalue weighted by Gasteiger charge is -2.27. The molecule has 1 aromatic rings. The molecule has 1 aromatic heterocycles. The molecule has 0 radical (unpaired) electrons. The predicted molar refractivity (Wildman–Crippen MR) is 93.1 cm³/mol. The van der Waals surface area contributed by atoms with Crippen LogP contribution in [0.1, 0.15) is 57.4 Å². The number of rotatable bonds is 9. The van der Waals surface area contributed by atoms with E-state index in [9.17, 15) is 0 Å². The fourth-order valence-electron chi connectivity index (χ4n) is 2.67. The monoisotopic (exact) mass is 291 g/mol. The van der Waals surface area contributed by atoms with E-state index in [1.165, 1.54) is 16.9 Å². The topological polar surface area (TPSA) is 28.2 Å². The minimum absolute atomic E-state index is 0.676. The van der Waals surface area contributed by atoms with Crippen molar-refractivity contribution in [3.8, 4) is 0 Å². The van der Waals surface area contributed by atoms with Gasteiger partial charge in [0.05, 0.1) is 0 Å². The number of anilines is 1. The van der Waals surface area contributed by atoms with Gasteiger partial charge in [0.2, 0.25) is 0 Å². The summed E-state index contributed by atoms with van der Waals surface area (Å²) >= 11 is 0. The van der Waals surface area contributed by atoms with Crippen LogP contribution in [0.2, 0.25) is 0 Å². The summed E-state index contributed by atoms with van der Waals surface area (Å²) in [7, 11) is 0. The van der Waals surface area contributed by atoms with Gasteiger partial charge in [-0.1, -0.05) is 27.7 Å². The molecule has 0 amide bonds. The molecule has 0 unspecified atom stereocenters. The van der Waals surface area contributed by atoms with Crippen molar-refractivity contribution in [3.63, 3.8) is 0 Å². The van der Waals surface area contributed by atoms with Gasteiger partial charge in [0.15, 0.2) is 0 Å². The first-order valence-electron chi connectivity index (χ1n) is 8.42. The number of aryl methyl sites for hydroxylation is 2. The molecule has 3 heteroatoms. The van der Waals surface area contributed by atoms with Crippen molar-refractivity contribution in [2.45, 2.75) is 60.9 Å². The summed E-state index contributed by atoms with van der Waals surface area (Å²) < 4.78 is 0. The van der Waals surface area contributed by atoms with Crippen LogP contribution in [0.15, 0.2) is 6.07 Å². The normalized spacial score (nSPS) is 11.2. The zero-order valence-electron chi connectivity index (χ0n) is 14.8. The quantitative estimate of drug-likeness (QED) is 0.743. The summed E-state index contributed by atoms with van der Waals surface area (Å²) in [6, 6.07) is 2.20. The van der Waals surface area contributed by atoms with E-state index in [-0.39, 0.29) is 0 Å². The van der Waals surface area contributed by atoms with Gasteiger partial charge < -0.3 is 10.2 Å². The number of aromatic nitrogens is 1. The summed E-state index contributed by atoms with van der Waals surface area (Å²) in [5.74, 6) is 1.86. The highest BCUT2D eigenvalue weighted by Crippen LogP contribution is 2.23. The molecule has 0 spiro atoms. The number of hydrogen-bond acceptors (Lipinski definition) is 3. The molecule has 0 bridgehead atoms. The van der Waals surface area contributed by atoms with Crippen molar-refractivity contribution >= 4 is 5.82 Å². The number of nitrogens with one attached hydrogen (secondary N) is 1. The molecule has 21 heavy (non-hydrogen) atoms. The number of nitrogens with zero attached hydrogens (tertiary/aromatic N) is 2. The lowest BCUT2D eigenvalue weighted by molar-refractivity contribution is 0.550. The van der Waals surface area contributed by atoms with Crippen LogP contribution in [0.5, 0.6) is 0 Å². The van der Waals surface area contributed by atoms with Gasteiger partial charge in [-0.3, -0.25) is 0 Å². The second-order valence-electron chi connectivity index (χ2n) is 6.39. The summed E-state index contributed by atoms with van der Waals surface area (Å²) in [5.41, 5.74) is 3.83. The van der Waals surface area contributed by atoms with Crippen LogP contribution in [-0.4, -0.2) is 24.6 Å². The van der Waals surface area contributed by atoms with Crippen LogP contribution in [0, 0.1) is 19.8 Å². The molecule has 0 aliphatic carbocycles. The zero-order valence-corrected chi connectivity index (χ0v) is 14.8. The Hall–Kier alpha value is -1.09. The summed E-state index contributed by atoms with van der Waals surface area (Å²) in [6.45, 7) is 17.4. The number of hydrogen-bond donors (Lipinski definition) is 1. The maximum absolute atomic E-state index is 4.86. The Morgan fingerprint density at radius 3 is 2.29 bits per heavy atom. The van der Waals surface area contributed by atoms with Crippen LogP contribution < -0.4 is 10.2 Å². The highest BCUT2D eigenvalue weighted by molar-refractivity contribution is 5.51. The molecule has 1 heterocycles. The molecule has 1 rings (SSSR count). The van der Waals surface area contributed by atoms with E-state index in [1.807, 2.05) is 0 Å². The molecule has 0 saturated carbocycles. The molecular weight excluding hydrogens is 258 g/mol. The maximum atomic E-state index is 4.86. The summed E-state index contributed by atoms with van der Waals surface area (Å²) in [5, 5.41) is 3.57. The highest BCUT2D eigenvalue weighted by Gasteiger charge is 2.14. The van der Waals surface area contributed by atoms with E-state index in [0.29, 0.717) is 5.92 Å². The molecule has 0 atom stereocenters. The number of pyridine rings is 1. The Labute approximate surface area is 131 Å². The zero-order chi connectivity index (χ0) is 15.8. The lowest BCUT2D eigenvalue weighted by Crippen LogP contribution is -2.29. The van der Waals surface area contributed by atoms with Crippen molar-refractivity contribution < 1.29 is 0 Å². The van der Waals surface area contributed by atoms with E-state index in [1.54, 1.807) is 0 Å². The Morgan fingerprint density at radius 1 is 1.14 bits per heavy atom. The van der Waals surface area contributed by atoms with Gasteiger partial charge >= 0.3 is 0 Å². The average Bonchev–Trinajstić information content (AvgIpc) is 2.40. The molecule has 1 N–H and O–H groups in total. The second-order valence-corrected chi connectivity index (χ2v) is 6.39. The first-order valence-corrected chi connectivity index (χ1v) is 8.42. The molecular formula is C18H33N3. The Balaban J connectivity index is 3.02. The van der Waals surface area contributed by atoms with Crippen molar-refractivity contribution in [3.05, 3.63) is 22.9 Å².